The summed E-state index contributed by atoms with van der Waals surface area (Å²) in [5.41, 5.74) is -0.458. The molecule has 0 atom stereocenters. The third kappa shape index (κ3) is 2.17. The zero-order valence-electron chi connectivity index (χ0n) is 8.26. The Balaban J connectivity index is 3.33. The molecule has 84 valence electrons. The number of aromatic carboxylic acids is 1. The van der Waals surface area contributed by atoms with Gasteiger partial charge < -0.3 is 14.9 Å². The van der Waals surface area contributed by atoms with E-state index >= 15 is 0 Å². The van der Waals surface area contributed by atoms with Gasteiger partial charge in [-0.3, -0.25) is 4.79 Å². The van der Waals surface area contributed by atoms with Crippen molar-refractivity contribution in [2.45, 2.75) is 0 Å². The molecular weight excluding hydrogens is 216 g/mol. The molecule has 0 spiro atoms. The molecule has 0 aromatic heterocycles. The lowest BCUT2D eigenvalue weighted by Gasteiger charge is -2.06. The Hall–Kier alpha value is -2.37. The van der Waals surface area contributed by atoms with Crippen molar-refractivity contribution in [3.05, 3.63) is 29.3 Å². The van der Waals surface area contributed by atoms with E-state index in [1.165, 1.54) is 19.2 Å². The Bertz CT molecular complexity index is 462. The van der Waals surface area contributed by atoms with E-state index in [4.69, 9.17) is 14.9 Å². The van der Waals surface area contributed by atoms with Crippen LogP contribution in [0.4, 0.5) is 0 Å². The van der Waals surface area contributed by atoms with Crippen molar-refractivity contribution < 1.29 is 29.3 Å². The van der Waals surface area contributed by atoms with Gasteiger partial charge >= 0.3 is 11.9 Å². The monoisotopic (exact) mass is 224 g/mol. The molecule has 0 amide bonds. The molecule has 0 bridgehead atoms. The van der Waals surface area contributed by atoms with Gasteiger partial charge in [-0.25, -0.2) is 9.59 Å². The van der Waals surface area contributed by atoms with Crippen LogP contribution in [0.1, 0.15) is 20.7 Å². The van der Waals surface area contributed by atoms with Crippen molar-refractivity contribution in [2.75, 3.05) is 7.11 Å². The molecule has 0 aliphatic rings. The zero-order chi connectivity index (χ0) is 12.3. The first-order valence-corrected chi connectivity index (χ1v) is 4.16. The number of Topliss-reactive ketones (excluding diaryl/α,β-unsaturated/α-hetero) is 1. The fourth-order valence-electron chi connectivity index (χ4n) is 1.13. The molecular formula is C10H8O6. The minimum absolute atomic E-state index is 0.0254. The first-order chi connectivity index (χ1) is 7.47. The predicted molar refractivity (Wildman–Crippen MR) is 51.9 cm³/mol. The van der Waals surface area contributed by atoms with E-state index in [1.807, 2.05) is 0 Å². The highest BCUT2D eigenvalue weighted by atomic mass is 16.5. The second-order valence-electron chi connectivity index (χ2n) is 2.85. The van der Waals surface area contributed by atoms with E-state index in [1.54, 1.807) is 0 Å². The number of methoxy groups -OCH3 is 1. The van der Waals surface area contributed by atoms with Gasteiger partial charge in [0.25, 0.3) is 5.78 Å². The van der Waals surface area contributed by atoms with E-state index in [9.17, 15) is 14.4 Å². The summed E-state index contributed by atoms with van der Waals surface area (Å²) in [6.07, 6.45) is 0. The van der Waals surface area contributed by atoms with Crippen molar-refractivity contribution in [1.29, 1.82) is 0 Å². The molecule has 1 aromatic rings. The van der Waals surface area contributed by atoms with Crippen LogP contribution in [0.3, 0.4) is 0 Å². The molecule has 0 saturated carbocycles. The molecule has 0 aliphatic heterocycles. The van der Waals surface area contributed by atoms with Gasteiger partial charge in [0.1, 0.15) is 5.75 Å². The summed E-state index contributed by atoms with van der Waals surface area (Å²) in [6.45, 7) is 0. The van der Waals surface area contributed by atoms with Crippen molar-refractivity contribution in [3.63, 3.8) is 0 Å². The van der Waals surface area contributed by atoms with Crippen molar-refractivity contribution in [1.82, 2.24) is 0 Å². The SMILES string of the molecule is COc1ccc(C(=O)O)cc1C(=O)C(=O)O. The smallest absolute Gasteiger partial charge is 0.377 e. The normalized spacial score (nSPS) is 9.56. The zero-order valence-corrected chi connectivity index (χ0v) is 8.26. The third-order valence-corrected chi connectivity index (χ3v) is 1.89. The fourth-order valence-corrected chi connectivity index (χ4v) is 1.13. The van der Waals surface area contributed by atoms with Gasteiger partial charge in [0.05, 0.1) is 18.2 Å². The lowest BCUT2D eigenvalue weighted by atomic mass is 10.1. The van der Waals surface area contributed by atoms with Crippen LogP contribution < -0.4 is 4.74 Å². The summed E-state index contributed by atoms with van der Waals surface area (Å²) in [6, 6.07) is 3.43. The standard InChI is InChI=1S/C10H8O6/c1-16-7-3-2-5(9(12)13)4-6(7)8(11)10(14)15/h2-4H,1H3,(H,12,13)(H,14,15). The molecule has 6 heteroatoms. The first-order valence-electron chi connectivity index (χ1n) is 4.16. The van der Waals surface area contributed by atoms with Crippen molar-refractivity contribution in [2.24, 2.45) is 0 Å². The minimum Gasteiger partial charge on any atom is -0.496 e. The average molecular weight is 224 g/mol. The highest BCUT2D eigenvalue weighted by molar-refractivity contribution is 6.40. The summed E-state index contributed by atoms with van der Waals surface area (Å²) in [5.74, 6) is -4.10. The van der Waals surface area contributed by atoms with Crippen LogP contribution in [0.15, 0.2) is 18.2 Å². The van der Waals surface area contributed by atoms with E-state index in [0.717, 1.165) is 6.07 Å². The summed E-state index contributed by atoms with van der Waals surface area (Å²) in [7, 11) is 1.26. The summed E-state index contributed by atoms with van der Waals surface area (Å²) in [5, 5.41) is 17.2. The van der Waals surface area contributed by atoms with E-state index in [0.29, 0.717) is 0 Å². The number of carbonyl (C=O) groups is 3. The number of carbonyl (C=O) groups excluding carboxylic acids is 1. The van der Waals surface area contributed by atoms with Gasteiger partial charge in [-0.1, -0.05) is 0 Å². The molecule has 0 unspecified atom stereocenters. The van der Waals surface area contributed by atoms with Crippen LogP contribution in [0, 0.1) is 0 Å². The van der Waals surface area contributed by atoms with E-state index < -0.39 is 17.7 Å². The first kappa shape index (κ1) is 11.7. The largest absolute Gasteiger partial charge is 0.496 e. The number of hydrogen-bond acceptors (Lipinski definition) is 4. The Morgan fingerprint density at radius 1 is 1.19 bits per heavy atom. The molecule has 0 heterocycles. The Labute approximate surface area is 90.1 Å². The molecule has 2 N–H and O–H groups in total. The highest BCUT2D eigenvalue weighted by Gasteiger charge is 2.20. The maximum absolute atomic E-state index is 11.2. The molecule has 0 fully saturated rings. The summed E-state index contributed by atoms with van der Waals surface area (Å²) < 4.78 is 4.77. The van der Waals surface area contributed by atoms with E-state index in [2.05, 4.69) is 0 Å². The second-order valence-corrected chi connectivity index (χ2v) is 2.85. The maximum atomic E-state index is 11.2. The van der Waals surface area contributed by atoms with Crippen LogP contribution in [-0.2, 0) is 4.79 Å². The number of carboxylic acids is 2. The molecule has 0 saturated heterocycles. The molecule has 0 aliphatic carbocycles. The van der Waals surface area contributed by atoms with Gasteiger partial charge in [-0.2, -0.15) is 0 Å². The van der Waals surface area contributed by atoms with Crippen molar-refractivity contribution in [3.8, 4) is 5.75 Å². The van der Waals surface area contributed by atoms with E-state index in [-0.39, 0.29) is 16.9 Å². The maximum Gasteiger partial charge on any atom is 0.377 e. The highest BCUT2D eigenvalue weighted by Crippen LogP contribution is 2.20. The van der Waals surface area contributed by atoms with Crippen LogP contribution in [0.5, 0.6) is 5.75 Å². The van der Waals surface area contributed by atoms with Crippen LogP contribution >= 0.6 is 0 Å². The Morgan fingerprint density at radius 2 is 1.81 bits per heavy atom. The molecule has 6 nitrogen and oxygen atoms in total. The lowest BCUT2D eigenvalue weighted by molar-refractivity contribution is -0.131. The summed E-state index contributed by atoms with van der Waals surface area (Å²) in [4.78, 5) is 32.4. The Kier molecular flexibility index (Phi) is 3.24. The second kappa shape index (κ2) is 4.43. The number of hydrogen-bond donors (Lipinski definition) is 2. The summed E-state index contributed by atoms with van der Waals surface area (Å²) >= 11 is 0. The van der Waals surface area contributed by atoms with Gasteiger partial charge in [0, 0.05) is 0 Å². The molecule has 1 rings (SSSR count). The fraction of sp³-hybridized carbons (Fsp3) is 0.100. The lowest BCUT2D eigenvalue weighted by Crippen LogP contribution is -2.14. The number of ketones is 1. The van der Waals surface area contributed by atoms with Gasteiger partial charge in [0.2, 0.25) is 0 Å². The number of rotatable bonds is 4. The molecule has 16 heavy (non-hydrogen) atoms. The van der Waals surface area contributed by atoms with Crippen LogP contribution in [0.2, 0.25) is 0 Å². The molecule has 1 aromatic carbocycles. The van der Waals surface area contributed by atoms with Crippen molar-refractivity contribution >= 4 is 17.7 Å². The number of ether oxygens (including phenoxy) is 1. The van der Waals surface area contributed by atoms with Gasteiger partial charge in [-0.05, 0) is 18.2 Å². The third-order valence-electron chi connectivity index (χ3n) is 1.89. The Morgan fingerprint density at radius 3 is 2.25 bits per heavy atom. The minimum atomic E-state index is -1.67. The van der Waals surface area contributed by atoms with Crippen LogP contribution in [0.25, 0.3) is 0 Å². The number of benzene rings is 1. The average Bonchev–Trinajstić information content (AvgIpc) is 2.26. The number of aliphatic carboxylic acids is 1. The van der Waals surface area contributed by atoms with Crippen LogP contribution in [-0.4, -0.2) is 35.0 Å². The van der Waals surface area contributed by atoms with Gasteiger partial charge in [0.15, 0.2) is 0 Å². The quantitative estimate of drug-likeness (QED) is 0.575. The molecule has 0 radical (unpaired) electrons. The van der Waals surface area contributed by atoms with Gasteiger partial charge in [-0.15, -0.1) is 0 Å². The topological polar surface area (TPSA) is 101 Å². The number of carboxylic acid groups (broad SMARTS) is 2. The predicted octanol–water partition coefficient (Wildman–Crippen LogP) is 0.661.